The molecule has 7 nitrogen and oxygen atoms in total. The lowest BCUT2D eigenvalue weighted by Crippen LogP contribution is -2.59. The zero-order chi connectivity index (χ0) is 36.2. The van der Waals surface area contributed by atoms with E-state index < -0.39 is 11.6 Å². The van der Waals surface area contributed by atoms with Gasteiger partial charge in [-0.05, 0) is 111 Å². The Hall–Kier alpha value is -2.56. The van der Waals surface area contributed by atoms with Gasteiger partial charge in [0.05, 0.1) is 21.8 Å². The van der Waals surface area contributed by atoms with Crippen molar-refractivity contribution in [3.63, 3.8) is 0 Å². The van der Waals surface area contributed by atoms with Gasteiger partial charge in [-0.3, -0.25) is 9.69 Å². The van der Waals surface area contributed by atoms with Gasteiger partial charge in [0.2, 0.25) is 5.60 Å². The van der Waals surface area contributed by atoms with Crippen LogP contribution in [0.3, 0.4) is 0 Å². The number of nitrogens with zero attached hydrogens (tertiary/aromatic N) is 2. The van der Waals surface area contributed by atoms with Crippen LogP contribution >= 0.6 is 22.7 Å². The summed E-state index contributed by atoms with van der Waals surface area (Å²) in [5.74, 6) is 0.664. The number of thiophene rings is 2. The van der Waals surface area contributed by atoms with Crippen LogP contribution in [0.4, 0.5) is 0 Å². The number of rotatable bonds is 12. The zero-order valence-corrected chi connectivity index (χ0v) is 32.9. The molecule has 2 saturated carbocycles. The van der Waals surface area contributed by atoms with Crippen LogP contribution in [0.15, 0.2) is 65.4 Å². The molecule has 2 saturated heterocycles. The fraction of sp³-hybridized carbons (Fsp3) is 0.619. The van der Waals surface area contributed by atoms with Crippen molar-refractivity contribution in [3.8, 4) is 0 Å². The Balaban J connectivity index is 0.000000177. The Morgan fingerprint density at radius 1 is 0.941 bits per heavy atom. The summed E-state index contributed by atoms with van der Waals surface area (Å²) in [7, 11) is 2.20. The summed E-state index contributed by atoms with van der Waals surface area (Å²) in [5, 5.41) is 15.2. The Bertz CT molecular complexity index is 1520. The second-order valence-corrected chi connectivity index (χ2v) is 17.9. The van der Waals surface area contributed by atoms with Gasteiger partial charge in [0.25, 0.3) is 0 Å². The highest BCUT2D eigenvalue weighted by Crippen LogP contribution is 2.57. The molecule has 9 heteroatoms. The number of hydrogen-bond donors (Lipinski definition) is 1. The summed E-state index contributed by atoms with van der Waals surface area (Å²) >= 11 is 2.77. The van der Waals surface area contributed by atoms with E-state index >= 15 is 0 Å². The smallest absolute Gasteiger partial charge is 0.349 e. The maximum Gasteiger partial charge on any atom is 0.349 e. The lowest BCUT2D eigenvalue weighted by Gasteiger charge is -2.54. The summed E-state index contributed by atoms with van der Waals surface area (Å²) < 4.78 is 11.8. The number of hydrogen-bond acceptors (Lipinski definition) is 9. The normalized spacial score (nSPS) is 28.3. The SMILES string of the molecule is CCN(CC)CCCOC(=O)C1(c2ccccc2)CC2CCC1C2.CN1[C@@H]2CCC(C)(C)[C@H]1C[C@H](OC(=O)C(O)(c1cccs1)c1cccs1)C2. The molecule has 6 atom stereocenters. The number of benzene rings is 1. The van der Waals surface area contributed by atoms with Crippen LogP contribution < -0.4 is 0 Å². The van der Waals surface area contributed by atoms with Gasteiger partial charge in [-0.1, -0.05) is 76.6 Å². The van der Waals surface area contributed by atoms with Gasteiger partial charge in [-0.15, -0.1) is 22.7 Å². The highest BCUT2D eigenvalue weighted by atomic mass is 32.1. The summed E-state index contributed by atoms with van der Waals surface area (Å²) in [6.07, 6.45) is 9.44. The van der Waals surface area contributed by atoms with E-state index in [0.29, 0.717) is 40.3 Å². The maximum atomic E-state index is 13.2. The number of carbonyl (C=O) groups excluding carboxylic acids is 2. The molecular weight excluding hydrogens is 677 g/mol. The molecular formula is C42H58N2O5S2. The number of carbonyl (C=O) groups is 2. The van der Waals surface area contributed by atoms with Crippen LogP contribution in [-0.2, 0) is 30.1 Å². The molecule has 0 amide bonds. The summed E-state index contributed by atoms with van der Waals surface area (Å²) in [6, 6.07) is 18.5. The van der Waals surface area contributed by atoms with Crippen molar-refractivity contribution in [1.82, 2.24) is 9.80 Å². The molecule has 7 rings (SSSR count). The molecule has 2 aliphatic carbocycles. The van der Waals surface area contributed by atoms with Crippen LogP contribution in [0, 0.1) is 17.3 Å². The molecule has 4 heterocycles. The fourth-order valence-corrected chi connectivity index (χ4v) is 11.4. The van der Waals surface area contributed by atoms with Crippen molar-refractivity contribution in [2.75, 3.05) is 33.3 Å². The van der Waals surface area contributed by atoms with Crippen molar-refractivity contribution in [2.45, 2.75) is 115 Å². The minimum atomic E-state index is -1.71. The van der Waals surface area contributed by atoms with Crippen molar-refractivity contribution in [1.29, 1.82) is 0 Å². The van der Waals surface area contributed by atoms with Crippen LogP contribution in [0.25, 0.3) is 0 Å². The van der Waals surface area contributed by atoms with E-state index in [2.05, 4.69) is 68.8 Å². The highest BCUT2D eigenvalue weighted by Gasteiger charge is 2.57. The van der Waals surface area contributed by atoms with Gasteiger partial charge in [0, 0.05) is 25.0 Å². The van der Waals surface area contributed by atoms with Gasteiger partial charge in [0.1, 0.15) is 6.10 Å². The third-order valence-electron chi connectivity index (χ3n) is 12.7. The molecule has 2 aromatic heterocycles. The average Bonchev–Trinajstić information content (AvgIpc) is 3.98. The molecule has 1 aromatic carbocycles. The van der Waals surface area contributed by atoms with Crippen LogP contribution in [0.1, 0.15) is 101 Å². The molecule has 51 heavy (non-hydrogen) atoms. The van der Waals surface area contributed by atoms with Crippen molar-refractivity contribution in [3.05, 3.63) is 80.7 Å². The number of ether oxygens (including phenoxy) is 2. The van der Waals surface area contributed by atoms with Gasteiger partial charge < -0.3 is 19.5 Å². The van der Waals surface area contributed by atoms with Gasteiger partial charge in [0.15, 0.2) is 0 Å². The summed E-state index contributed by atoms with van der Waals surface area (Å²) in [5.41, 5.74) is -0.699. The lowest BCUT2D eigenvalue weighted by atomic mass is 9.68. The molecule has 278 valence electrons. The summed E-state index contributed by atoms with van der Waals surface area (Å²) in [4.78, 5) is 32.4. The maximum absolute atomic E-state index is 13.2. The Morgan fingerprint density at radius 2 is 1.63 bits per heavy atom. The van der Waals surface area contributed by atoms with E-state index in [0.717, 1.165) is 51.7 Å². The molecule has 3 unspecified atom stereocenters. The molecule has 4 fully saturated rings. The van der Waals surface area contributed by atoms with Gasteiger partial charge >= 0.3 is 11.9 Å². The third kappa shape index (κ3) is 7.75. The Morgan fingerprint density at radius 3 is 2.20 bits per heavy atom. The molecule has 1 N–H and O–H groups in total. The van der Waals surface area contributed by atoms with Gasteiger partial charge in [-0.25, -0.2) is 4.79 Å². The lowest BCUT2D eigenvalue weighted by molar-refractivity contribution is -0.175. The van der Waals surface area contributed by atoms with Crippen LogP contribution in [0.5, 0.6) is 0 Å². The number of piperidine rings is 2. The largest absolute Gasteiger partial charge is 0.465 e. The van der Waals surface area contributed by atoms with E-state index in [4.69, 9.17) is 9.47 Å². The zero-order valence-electron chi connectivity index (χ0n) is 31.2. The van der Waals surface area contributed by atoms with E-state index in [9.17, 15) is 14.7 Å². The molecule has 3 aromatic rings. The monoisotopic (exact) mass is 734 g/mol. The number of aliphatic hydroxyl groups is 1. The van der Waals surface area contributed by atoms with Crippen molar-refractivity contribution >= 4 is 34.6 Å². The molecule has 0 spiro atoms. The van der Waals surface area contributed by atoms with Crippen molar-refractivity contribution in [2.24, 2.45) is 17.3 Å². The Labute approximate surface area is 313 Å². The fourth-order valence-electron chi connectivity index (χ4n) is 9.67. The predicted molar refractivity (Wildman–Crippen MR) is 206 cm³/mol. The first-order valence-corrected chi connectivity index (χ1v) is 21.0. The van der Waals surface area contributed by atoms with E-state index in [-0.39, 0.29) is 22.9 Å². The second-order valence-electron chi connectivity index (χ2n) is 16.0. The first-order valence-electron chi connectivity index (χ1n) is 19.2. The average molecular weight is 735 g/mol. The topological polar surface area (TPSA) is 79.3 Å². The molecule has 4 aliphatic rings. The number of esters is 2. The molecule has 0 radical (unpaired) electrons. The van der Waals surface area contributed by atoms with E-state index in [1.807, 2.05) is 29.0 Å². The highest BCUT2D eigenvalue weighted by molar-refractivity contribution is 7.12. The first-order chi connectivity index (χ1) is 24.5. The van der Waals surface area contributed by atoms with Crippen molar-refractivity contribution < 1.29 is 24.2 Å². The van der Waals surface area contributed by atoms with Crippen LogP contribution in [-0.4, -0.2) is 78.3 Å². The molecule has 4 bridgehead atoms. The minimum Gasteiger partial charge on any atom is -0.465 e. The minimum absolute atomic E-state index is 0.0282. The van der Waals surface area contributed by atoms with E-state index in [1.54, 1.807) is 12.1 Å². The van der Waals surface area contributed by atoms with E-state index in [1.165, 1.54) is 53.9 Å². The molecule has 2 aliphatic heterocycles. The third-order valence-corrected chi connectivity index (χ3v) is 14.6. The quantitative estimate of drug-likeness (QED) is 0.148. The standard InChI is InChI=1S/C21H27NO3S2.C21H31NO2/c1-20(2)9-8-14-12-15(13-16(20)22(14)3)25-19(23)21(24,17-6-4-10-26-17)18-7-5-11-27-18;1-3-22(4-2)13-8-14-24-20(23)21(18-9-6-5-7-10-18)16-17-11-12-19(21)15-17/h4-7,10-11,14-16,24H,8-9,12-13H2,1-3H3;5-7,9-10,17,19H,3-4,8,11-16H2,1-2H3/t14-,15-,16-;/m1./s1. The second kappa shape index (κ2) is 16.2. The van der Waals surface area contributed by atoms with Crippen LogP contribution in [0.2, 0.25) is 0 Å². The first kappa shape index (κ1) is 38.2. The number of fused-ring (bicyclic) bond motifs is 4. The summed E-state index contributed by atoms with van der Waals surface area (Å²) in [6.45, 7) is 12.6. The predicted octanol–water partition coefficient (Wildman–Crippen LogP) is 8.26. The van der Waals surface area contributed by atoms with Gasteiger partial charge in [-0.2, -0.15) is 0 Å². The Kier molecular flexibility index (Phi) is 12.1.